The molecule has 0 saturated carbocycles. The number of hydrogen-bond acceptors (Lipinski definition) is 5. The lowest BCUT2D eigenvalue weighted by Crippen LogP contribution is -2.35. The predicted octanol–water partition coefficient (Wildman–Crippen LogP) is 3.53. The van der Waals surface area contributed by atoms with Crippen LogP contribution in [0.3, 0.4) is 0 Å². The highest BCUT2D eigenvalue weighted by molar-refractivity contribution is 7.91. The smallest absolute Gasteiger partial charge is 0.302 e. The van der Waals surface area contributed by atoms with Crippen molar-refractivity contribution in [3.8, 4) is 0 Å². The number of aryl methyl sites for hydroxylation is 2. The van der Waals surface area contributed by atoms with Gasteiger partial charge in [0.05, 0.1) is 16.6 Å². The van der Waals surface area contributed by atoms with Gasteiger partial charge in [-0.25, -0.2) is 8.42 Å². The molecule has 0 aromatic heterocycles. The van der Waals surface area contributed by atoms with E-state index >= 15 is 0 Å². The highest BCUT2D eigenvalue weighted by atomic mass is 32.2. The molecule has 0 aliphatic heterocycles. The third-order valence-electron chi connectivity index (χ3n) is 4.34. The molecule has 2 aromatic rings. The summed E-state index contributed by atoms with van der Waals surface area (Å²) >= 11 is 0. The van der Waals surface area contributed by atoms with E-state index in [2.05, 4.69) is 0 Å². The first-order valence-electron chi connectivity index (χ1n) is 8.67. The van der Waals surface area contributed by atoms with Crippen molar-refractivity contribution in [2.75, 3.05) is 5.75 Å². The van der Waals surface area contributed by atoms with E-state index in [1.54, 1.807) is 37.3 Å². The van der Waals surface area contributed by atoms with E-state index in [4.69, 9.17) is 4.74 Å². The second kappa shape index (κ2) is 8.48. The first kappa shape index (κ1) is 20.8. The lowest BCUT2D eigenvalue weighted by Gasteiger charge is -2.23. The summed E-state index contributed by atoms with van der Waals surface area (Å²) < 4.78 is 30.9. The van der Waals surface area contributed by atoms with Gasteiger partial charge in [-0.3, -0.25) is 9.59 Å². The number of benzene rings is 2. The largest absolute Gasteiger partial charge is 0.462 e. The number of carbonyl (C=O) groups is 2. The van der Waals surface area contributed by atoms with Crippen LogP contribution in [-0.4, -0.2) is 32.0 Å². The minimum Gasteiger partial charge on any atom is -0.462 e. The lowest BCUT2D eigenvalue weighted by atomic mass is 9.94. The van der Waals surface area contributed by atoms with Gasteiger partial charge in [0, 0.05) is 12.5 Å². The molecule has 0 aliphatic carbocycles. The zero-order valence-corrected chi connectivity index (χ0v) is 16.7. The normalized spacial score (nSPS) is 13.6. The minimum absolute atomic E-state index is 0.144. The molecule has 0 amide bonds. The van der Waals surface area contributed by atoms with Crippen LogP contribution in [0.4, 0.5) is 0 Å². The molecule has 27 heavy (non-hydrogen) atoms. The van der Waals surface area contributed by atoms with Gasteiger partial charge in [0.25, 0.3) is 0 Å². The van der Waals surface area contributed by atoms with Crippen molar-refractivity contribution in [1.29, 1.82) is 0 Å². The van der Waals surface area contributed by atoms with Crippen LogP contribution in [-0.2, 0) is 19.4 Å². The second-order valence-corrected chi connectivity index (χ2v) is 8.78. The van der Waals surface area contributed by atoms with Crippen LogP contribution < -0.4 is 0 Å². The summed E-state index contributed by atoms with van der Waals surface area (Å²) in [5, 5.41) is 0. The molecule has 0 N–H and O–H groups in total. The van der Waals surface area contributed by atoms with Crippen LogP contribution in [0.15, 0.2) is 53.4 Å². The maximum atomic E-state index is 13.0. The molecule has 0 spiro atoms. The monoisotopic (exact) mass is 388 g/mol. The van der Waals surface area contributed by atoms with Crippen molar-refractivity contribution >= 4 is 21.6 Å². The van der Waals surface area contributed by atoms with E-state index in [0.717, 1.165) is 11.1 Å². The standard InChI is InChI=1S/C21H24O5S/c1-14-8-10-19(11-9-14)27(24,25)13-20(16(3)26-17(4)22)21(23)18-7-5-6-15(2)12-18/h5-12,16,20H,13H2,1-4H3/t16-,20-/m1/s1. The number of ether oxygens (including phenoxy) is 1. The quantitative estimate of drug-likeness (QED) is 0.536. The van der Waals surface area contributed by atoms with Gasteiger partial charge in [0.2, 0.25) is 0 Å². The van der Waals surface area contributed by atoms with Crippen molar-refractivity contribution in [2.45, 2.75) is 38.7 Å². The van der Waals surface area contributed by atoms with Crippen LogP contribution >= 0.6 is 0 Å². The molecule has 0 aliphatic rings. The van der Waals surface area contributed by atoms with Gasteiger partial charge < -0.3 is 4.74 Å². The van der Waals surface area contributed by atoms with E-state index < -0.39 is 33.6 Å². The van der Waals surface area contributed by atoms with Crippen molar-refractivity contribution in [1.82, 2.24) is 0 Å². The first-order valence-corrected chi connectivity index (χ1v) is 10.3. The maximum absolute atomic E-state index is 13.0. The Balaban J connectivity index is 2.38. The summed E-state index contributed by atoms with van der Waals surface area (Å²) in [7, 11) is -3.73. The summed E-state index contributed by atoms with van der Waals surface area (Å²) in [6.45, 7) is 6.50. The van der Waals surface area contributed by atoms with E-state index in [0.29, 0.717) is 5.56 Å². The van der Waals surface area contributed by atoms with Crippen LogP contribution in [0.1, 0.15) is 35.3 Å². The Morgan fingerprint density at radius 3 is 2.19 bits per heavy atom. The first-order chi connectivity index (χ1) is 12.6. The Morgan fingerprint density at radius 2 is 1.63 bits per heavy atom. The molecule has 2 rings (SSSR count). The lowest BCUT2D eigenvalue weighted by molar-refractivity contribution is -0.146. The fourth-order valence-corrected chi connectivity index (χ4v) is 4.50. The van der Waals surface area contributed by atoms with E-state index in [-0.39, 0.29) is 10.7 Å². The Bertz CT molecular complexity index is 929. The number of Topliss-reactive ketones (excluding diaryl/α,β-unsaturated/α-hetero) is 1. The number of hydrogen-bond donors (Lipinski definition) is 0. The molecule has 0 saturated heterocycles. The molecule has 2 aromatic carbocycles. The molecule has 0 fully saturated rings. The summed E-state index contributed by atoms with van der Waals surface area (Å²) in [6.07, 6.45) is -0.865. The van der Waals surface area contributed by atoms with Crippen molar-refractivity contribution in [3.05, 3.63) is 65.2 Å². The molecular weight excluding hydrogens is 364 g/mol. The zero-order valence-electron chi connectivity index (χ0n) is 15.9. The Morgan fingerprint density at radius 1 is 1.00 bits per heavy atom. The van der Waals surface area contributed by atoms with E-state index in [9.17, 15) is 18.0 Å². The van der Waals surface area contributed by atoms with Crippen molar-refractivity contribution in [2.24, 2.45) is 5.92 Å². The van der Waals surface area contributed by atoms with Gasteiger partial charge in [0.1, 0.15) is 6.10 Å². The molecular formula is C21H24O5S. The van der Waals surface area contributed by atoms with Gasteiger partial charge in [0.15, 0.2) is 15.6 Å². The predicted molar refractivity (Wildman–Crippen MR) is 103 cm³/mol. The minimum atomic E-state index is -3.73. The van der Waals surface area contributed by atoms with Gasteiger partial charge in [-0.05, 0) is 39.0 Å². The Kier molecular flexibility index (Phi) is 6.54. The highest BCUT2D eigenvalue weighted by Crippen LogP contribution is 2.22. The Labute approximate surface area is 160 Å². The molecule has 5 nitrogen and oxygen atoms in total. The Hall–Kier alpha value is -2.47. The van der Waals surface area contributed by atoms with E-state index in [1.165, 1.54) is 19.1 Å². The summed E-state index contributed by atoms with van der Waals surface area (Å²) in [4.78, 5) is 24.5. The zero-order chi connectivity index (χ0) is 20.2. The second-order valence-electron chi connectivity index (χ2n) is 6.75. The number of esters is 1. The van der Waals surface area contributed by atoms with E-state index in [1.807, 2.05) is 19.9 Å². The van der Waals surface area contributed by atoms with Crippen LogP contribution in [0.25, 0.3) is 0 Å². The summed E-state index contributed by atoms with van der Waals surface area (Å²) in [6, 6.07) is 13.4. The molecule has 6 heteroatoms. The molecule has 0 heterocycles. The topological polar surface area (TPSA) is 77.5 Å². The third-order valence-corrected chi connectivity index (χ3v) is 6.13. The van der Waals surface area contributed by atoms with Gasteiger partial charge >= 0.3 is 5.97 Å². The van der Waals surface area contributed by atoms with Crippen LogP contribution in [0.2, 0.25) is 0 Å². The SMILES string of the molecule is CC(=O)O[C@H](C)[C@@H](CS(=O)(=O)c1ccc(C)cc1)C(=O)c1cccc(C)c1. The van der Waals surface area contributed by atoms with Crippen molar-refractivity contribution < 1.29 is 22.7 Å². The number of carbonyl (C=O) groups excluding carboxylic acids is 2. The highest BCUT2D eigenvalue weighted by Gasteiger charge is 2.33. The number of ketones is 1. The van der Waals surface area contributed by atoms with Gasteiger partial charge in [-0.1, -0.05) is 41.5 Å². The maximum Gasteiger partial charge on any atom is 0.302 e. The summed E-state index contributed by atoms with van der Waals surface area (Å²) in [5.41, 5.74) is 2.23. The van der Waals surface area contributed by atoms with Gasteiger partial charge in [-0.15, -0.1) is 0 Å². The fraction of sp³-hybridized carbons (Fsp3) is 0.333. The average molecular weight is 388 g/mol. The third kappa shape index (κ3) is 5.50. The molecule has 2 atom stereocenters. The van der Waals surface area contributed by atoms with Crippen LogP contribution in [0, 0.1) is 19.8 Å². The van der Waals surface area contributed by atoms with Gasteiger partial charge in [-0.2, -0.15) is 0 Å². The molecule has 0 bridgehead atoms. The fourth-order valence-electron chi connectivity index (χ4n) is 2.86. The molecule has 0 unspecified atom stereocenters. The number of sulfone groups is 1. The van der Waals surface area contributed by atoms with Crippen molar-refractivity contribution in [3.63, 3.8) is 0 Å². The molecule has 144 valence electrons. The molecule has 0 radical (unpaired) electrons. The summed E-state index contributed by atoms with van der Waals surface area (Å²) in [5.74, 6) is -2.35. The average Bonchev–Trinajstić information content (AvgIpc) is 2.59. The number of rotatable bonds is 7. The van der Waals surface area contributed by atoms with Crippen LogP contribution in [0.5, 0.6) is 0 Å².